The molecule has 0 unspecified atom stereocenters. The lowest BCUT2D eigenvalue weighted by Crippen LogP contribution is -2.46. The van der Waals surface area contributed by atoms with Gasteiger partial charge in [-0.05, 0) is 52.9 Å². The third kappa shape index (κ3) is 6.96. The summed E-state index contributed by atoms with van der Waals surface area (Å²) in [6.45, 7) is 5.86. The monoisotopic (exact) mass is 367 g/mol. The Morgan fingerprint density at radius 1 is 1.27 bits per heavy atom. The second-order valence-electron chi connectivity index (χ2n) is 7.80. The van der Waals surface area contributed by atoms with E-state index in [9.17, 15) is 19.5 Å². The Morgan fingerprint density at radius 3 is 2.38 bits per heavy atom. The van der Waals surface area contributed by atoms with Gasteiger partial charge in [0, 0.05) is 18.0 Å². The first-order valence-electron chi connectivity index (χ1n) is 9.21. The standard InChI is InChI=1S/C18H30N4O4/c1-18(2,3)22(17(25)26)11-7-6-10-14(15(23)12-20-19)21-16(24)13-8-4-5-9-13/h12-14,19H,4-11H2,1-3H3,(H-,21,24,25,26)/p+1/t14-/m0/s1. The number of carbonyl (C=O) groups is 3. The van der Waals surface area contributed by atoms with Gasteiger partial charge in [-0.15, -0.1) is 0 Å². The Morgan fingerprint density at radius 2 is 1.88 bits per heavy atom. The molecule has 146 valence electrons. The molecule has 1 atom stereocenters. The van der Waals surface area contributed by atoms with Crippen LogP contribution in [0.15, 0.2) is 0 Å². The maximum atomic E-state index is 12.3. The van der Waals surface area contributed by atoms with Gasteiger partial charge in [-0.1, -0.05) is 12.8 Å². The lowest BCUT2D eigenvalue weighted by molar-refractivity contribution is -0.135. The fourth-order valence-electron chi connectivity index (χ4n) is 3.25. The molecule has 0 spiro atoms. The van der Waals surface area contributed by atoms with Gasteiger partial charge < -0.3 is 15.3 Å². The maximum absolute atomic E-state index is 12.3. The first-order chi connectivity index (χ1) is 12.2. The number of Topliss-reactive ketones (excluding diaryl/α,β-unsaturated/α-hetero) is 1. The topological polar surface area (TPSA) is 125 Å². The van der Waals surface area contributed by atoms with Crippen LogP contribution in [0.4, 0.5) is 4.79 Å². The van der Waals surface area contributed by atoms with Crippen LogP contribution >= 0.6 is 0 Å². The first kappa shape index (κ1) is 21.8. The van der Waals surface area contributed by atoms with Crippen molar-refractivity contribution in [3.05, 3.63) is 0 Å². The Labute approximate surface area is 154 Å². The van der Waals surface area contributed by atoms with E-state index in [1.807, 2.05) is 20.8 Å². The summed E-state index contributed by atoms with van der Waals surface area (Å²) in [4.78, 5) is 40.1. The molecule has 8 heteroatoms. The number of ketones is 1. The lowest BCUT2D eigenvalue weighted by Gasteiger charge is -2.33. The van der Waals surface area contributed by atoms with E-state index >= 15 is 0 Å². The largest absolute Gasteiger partial charge is 0.465 e. The molecule has 0 heterocycles. The summed E-state index contributed by atoms with van der Waals surface area (Å²) in [6, 6.07) is -0.704. The predicted molar refractivity (Wildman–Crippen MR) is 96.3 cm³/mol. The number of amides is 2. The predicted octanol–water partition coefficient (Wildman–Crippen LogP) is 2.49. The zero-order chi connectivity index (χ0) is 19.7. The molecule has 0 aromatic heterocycles. The zero-order valence-electron chi connectivity index (χ0n) is 16.0. The Hall–Kier alpha value is -2.21. The summed E-state index contributed by atoms with van der Waals surface area (Å²) in [6.07, 6.45) is 5.28. The van der Waals surface area contributed by atoms with Crippen molar-refractivity contribution < 1.29 is 24.3 Å². The van der Waals surface area contributed by atoms with E-state index in [-0.39, 0.29) is 11.8 Å². The molecule has 0 bridgehead atoms. The molecule has 26 heavy (non-hydrogen) atoms. The smallest absolute Gasteiger partial charge is 0.407 e. The fraction of sp³-hybridized carbons (Fsp3) is 0.778. The summed E-state index contributed by atoms with van der Waals surface area (Å²) in [7, 11) is 0. The number of carboxylic acid groups (broad SMARTS) is 1. The minimum Gasteiger partial charge on any atom is -0.465 e. The number of nitrogens with zero attached hydrogens (tertiary/aromatic N) is 2. The maximum Gasteiger partial charge on any atom is 0.407 e. The van der Waals surface area contributed by atoms with Gasteiger partial charge in [0.25, 0.3) is 5.78 Å². The number of hydrogen-bond acceptors (Lipinski definition) is 4. The van der Waals surface area contributed by atoms with Gasteiger partial charge in [0.1, 0.15) is 0 Å². The van der Waals surface area contributed by atoms with Gasteiger partial charge in [-0.2, -0.15) is 0 Å². The van der Waals surface area contributed by atoms with Crippen LogP contribution < -0.4 is 5.32 Å². The minimum absolute atomic E-state index is 0.0402. The summed E-state index contributed by atoms with van der Waals surface area (Å²) in [5.41, 5.74) is 6.33. The SMILES string of the molecule is CC(C)(C)N(CCCC[C@H](NC(=O)C1CCCC1)C(=O)C=[N+]=N)C(=O)O. The molecule has 3 N–H and O–H groups in total. The lowest BCUT2D eigenvalue weighted by atomic mass is 10.0. The average Bonchev–Trinajstić information content (AvgIpc) is 3.06. The molecule has 1 aliphatic rings. The molecule has 0 aromatic carbocycles. The number of unbranched alkanes of at least 4 members (excludes halogenated alkanes) is 1. The van der Waals surface area contributed by atoms with Gasteiger partial charge in [0.15, 0.2) is 0 Å². The average molecular weight is 367 g/mol. The molecular formula is C18H31N4O4+. The number of carbonyl (C=O) groups excluding carboxylic acids is 2. The van der Waals surface area contributed by atoms with Crippen LogP contribution in [0.1, 0.15) is 65.7 Å². The van der Waals surface area contributed by atoms with Crippen molar-refractivity contribution in [2.75, 3.05) is 6.54 Å². The number of nitrogens with one attached hydrogen (secondary N) is 2. The quantitative estimate of drug-likeness (QED) is 0.250. The molecule has 1 saturated carbocycles. The molecule has 1 fully saturated rings. The molecule has 2 amide bonds. The van der Waals surface area contributed by atoms with E-state index in [4.69, 9.17) is 5.53 Å². The molecule has 8 nitrogen and oxygen atoms in total. The van der Waals surface area contributed by atoms with Crippen molar-refractivity contribution in [3.8, 4) is 0 Å². The Bertz CT molecular complexity index is 558. The van der Waals surface area contributed by atoms with E-state index in [1.165, 1.54) is 4.90 Å². The van der Waals surface area contributed by atoms with Gasteiger partial charge in [-0.25, -0.2) is 4.79 Å². The van der Waals surface area contributed by atoms with Crippen molar-refractivity contribution in [2.45, 2.75) is 77.3 Å². The third-order valence-corrected chi connectivity index (χ3v) is 4.74. The minimum atomic E-state index is -0.971. The van der Waals surface area contributed by atoms with Gasteiger partial charge in [0.05, 0.1) is 16.4 Å². The van der Waals surface area contributed by atoms with Crippen molar-refractivity contribution in [1.29, 1.82) is 5.53 Å². The first-order valence-corrected chi connectivity index (χ1v) is 9.21. The van der Waals surface area contributed by atoms with E-state index < -0.39 is 23.5 Å². The molecule has 1 rings (SSSR count). The second kappa shape index (κ2) is 10.1. The summed E-state index contributed by atoms with van der Waals surface area (Å²) < 4.78 is 0. The van der Waals surface area contributed by atoms with E-state index in [0.717, 1.165) is 31.9 Å². The van der Waals surface area contributed by atoms with Crippen molar-refractivity contribution in [3.63, 3.8) is 0 Å². The zero-order valence-corrected chi connectivity index (χ0v) is 16.0. The highest BCUT2D eigenvalue weighted by Gasteiger charge is 2.29. The van der Waals surface area contributed by atoms with Crippen LogP contribution in [0, 0.1) is 11.4 Å². The van der Waals surface area contributed by atoms with Crippen molar-refractivity contribution >= 4 is 24.0 Å². The summed E-state index contributed by atoms with van der Waals surface area (Å²) in [5.74, 6) is -0.542. The molecular weight excluding hydrogens is 336 g/mol. The third-order valence-electron chi connectivity index (χ3n) is 4.74. The Kier molecular flexibility index (Phi) is 8.45. The van der Waals surface area contributed by atoms with Crippen LogP contribution in [0.2, 0.25) is 0 Å². The van der Waals surface area contributed by atoms with Crippen LogP contribution in [0.25, 0.3) is 0 Å². The van der Waals surface area contributed by atoms with Gasteiger partial charge >= 0.3 is 12.3 Å². The molecule has 0 saturated heterocycles. The number of rotatable bonds is 9. The fourth-order valence-corrected chi connectivity index (χ4v) is 3.25. The van der Waals surface area contributed by atoms with E-state index in [2.05, 4.69) is 10.1 Å². The second-order valence-corrected chi connectivity index (χ2v) is 7.80. The van der Waals surface area contributed by atoms with E-state index in [0.29, 0.717) is 25.8 Å². The Balaban J connectivity index is 2.57. The van der Waals surface area contributed by atoms with Gasteiger partial charge in [-0.3, -0.25) is 9.59 Å². The van der Waals surface area contributed by atoms with Crippen LogP contribution in [-0.2, 0) is 9.59 Å². The van der Waals surface area contributed by atoms with Crippen LogP contribution in [0.3, 0.4) is 0 Å². The molecule has 0 radical (unpaired) electrons. The molecule has 0 aromatic rings. The summed E-state index contributed by atoms with van der Waals surface area (Å²) >= 11 is 0. The van der Waals surface area contributed by atoms with Gasteiger partial charge in [0.2, 0.25) is 5.91 Å². The normalized spacial score (nSPS) is 15.8. The highest BCUT2D eigenvalue weighted by Crippen LogP contribution is 2.25. The molecule has 0 aliphatic heterocycles. The summed E-state index contributed by atoms with van der Waals surface area (Å²) in [5, 5.41) is 12.1. The van der Waals surface area contributed by atoms with Crippen LogP contribution in [-0.4, -0.2) is 56.9 Å². The van der Waals surface area contributed by atoms with Crippen molar-refractivity contribution in [1.82, 2.24) is 10.2 Å². The molecule has 1 aliphatic carbocycles. The number of hydrogen-bond donors (Lipinski definition) is 3. The van der Waals surface area contributed by atoms with Crippen molar-refractivity contribution in [2.24, 2.45) is 5.92 Å². The highest BCUT2D eigenvalue weighted by atomic mass is 16.4. The highest BCUT2D eigenvalue weighted by molar-refractivity contribution is 6.28. The van der Waals surface area contributed by atoms with E-state index in [1.54, 1.807) is 0 Å². The van der Waals surface area contributed by atoms with Crippen LogP contribution in [0.5, 0.6) is 0 Å².